The van der Waals surface area contributed by atoms with Crippen LogP contribution in [0.4, 0.5) is 0 Å². The Bertz CT molecular complexity index is 209. The van der Waals surface area contributed by atoms with Crippen molar-refractivity contribution in [1.29, 1.82) is 0 Å². The van der Waals surface area contributed by atoms with Crippen molar-refractivity contribution in [3.63, 3.8) is 0 Å². The van der Waals surface area contributed by atoms with Crippen LogP contribution in [0, 0.1) is 5.41 Å². The van der Waals surface area contributed by atoms with Gasteiger partial charge < -0.3 is 5.73 Å². The van der Waals surface area contributed by atoms with E-state index in [9.17, 15) is 0 Å². The smallest absolute Gasteiger partial charge is 0.0277 e. The molecule has 0 aliphatic carbocycles. The number of hydrogen-bond acceptors (Lipinski definition) is 3. The number of piperazine rings is 1. The molecule has 3 heteroatoms. The Kier molecular flexibility index (Phi) is 3.80. The van der Waals surface area contributed by atoms with E-state index in [4.69, 9.17) is 5.73 Å². The van der Waals surface area contributed by atoms with Gasteiger partial charge >= 0.3 is 0 Å². The standard InChI is InChI=1S/C12H27N3/c1-11(2,8-13)9-15-7-6-14(5)12(3,4)10-15/h6-10,13H2,1-5H3. The average Bonchev–Trinajstić information content (AvgIpc) is 2.10. The van der Waals surface area contributed by atoms with E-state index in [-0.39, 0.29) is 5.41 Å². The third-order valence-corrected chi connectivity index (χ3v) is 3.60. The average molecular weight is 213 g/mol. The van der Waals surface area contributed by atoms with Gasteiger partial charge in [-0.3, -0.25) is 9.80 Å². The summed E-state index contributed by atoms with van der Waals surface area (Å²) >= 11 is 0. The van der Waals surface area contributed by atoms with E-state index in [1.807, 2.05) is 0 Å². The molecule has 1 saturated heterocycles. The Morgan fingerprint density at radius 1 is 1.27 bits per heavy atom. The van der Waals surface area contributed by atoms with Crippen LogP contribution in [0.2, 0.25) is 0 Å². The Morgan fingerprint density at radius 3 is 2.33 bits per heavy atom. The molecule has 90 valence electrons. The number of likely N-dealkylation sites (N-methyl/N-ethyl adjacent to an activating group) is 1. The van der Waals surface area contributed by atoms with E-state index in [1.165, 1.54) is 6.54 Å². The molecule has 0 bridgehead atoms. The van der Waals surface area contributed by atoms with Gasteiger partial charge in [-0.15, -0.1) is 0 Å². The molecular weight excluding hydrogens is 186 g/mol. The van der Waals surface area contributed by atoms with Gasteiger partial charge in [0.1, 0.15) is 0 Å². The fraction of sp³-hybridized carbons (Fsp3) is 1.00. The molecule has 0 amide bonds. The minimum Gasteiger partial charge on any atom is -0.330 e. The largest absolute Gasteiger partial charge is 0.330 e. The summed E-state index contributed by atoms with van der Waals surface area (Å²) in [5, 5.41) is 0. The highest BCUT2D eigenvalue weighted by molar-refractivity contribution is 4.90. The molecule has 1 rings (SSSR count). The van der Waals surface area contributed by atoms with Gasteiger partial charge in [0.2, 0.25) is 0 Å². The van der Waals surface area contributed by atoms with Crippen LogP contribution in [-0.2, 0) is 0 Å². The quantitative estimate of drug-likeness (QED) is 0.759. The molecular formula is C12H27N3. The number of nitrogens with two attached hydrogens (primary N) is 1. The first-order valence-corrected chi connectivity index (χ1v) is 5.90. The maximum absolute atomic E-state index is 5.78. The zero-order valence-corrected chi connectivity index (χ0v) is 11.0. The summed E-state index contributed by atoms with van der Waals surface area (Å²) < 4.78 is 0. The summed E-state index contributed by atoms with van der Waals surface area (Å²) in [6.07, 6.45) is 0. The van der Waals surface area contributed by atoms with E-state index in [0.717, 1.165) is 26.2 Å². The zero-order chi connectivity index (χ0) is 11.7. The molecule has 0 aromatic heterocycles. The van der Waals surface area contributed by atoms with Crippen molar-refractivity contribution < 1.29 is 0 Å². The van der Waals surface area contributed by atoms with Crippen molar-refractivity contribution in [2.45, 2.75) is 33.2 Å². The first-order valence-electron chi connectivity index (χ1n) is 5.90. The Morgan fingerprint density at radius 2 is 1.87 bits per heavy atom. The second kappa shape index (κ2) is 4.40. The summed E-state index contributed by atoms with van der Waals surface area (Å²) in [6, 6.07) is 0. The molecule has 1 aliphatic rings. The van der Waals surface area contributed by atoms with Crippen LogP contribution >= 0.6 is 0 Å². The summed E-state index contributed by atoms with van der Waals surface area (Å²) in [7, 11) is 2.21. The van der Waals surface area contributed by atoms with E-state index in [1.54, 1.807) is 0 Å². The van der Waals surface area contributed by atoms with Crippen molar-refractivity contribution >= 4 is 0 Å². The Labute approximate surface area is 94.6 Å². The second-order valence-corrected chi connectivity index (χ2v) is 6.31. The number of nitrogens with zero attached hydrogens (tertiary/aromatic N) is 2. The molecule has 3 nitrogen and oxygen atoms in total. The molecule has 0 radical (unpaired) electrons. The second-order valence-electron chi connectivity index (χ2n) is 6.31. The van der Waals surface area contributed by atoms with E-state index in [2.05, 4.69) is 44.5 Å². The molecule has 0 aromatic carbocycles. The van der Waals surface area contributed by atoms with Gasteiger partial charge in [-0.1, -0.05) is 13.8 Å². The summed E-state index contributed by atoms with van der Waals surface area (Å²) in [5.74, 6) is 0. The third kappa shape index (κ3) is 3.44. The Balaban J connectivity index is 2.53. The zero-order valence-electron chi connectivity index (χ0n) is 11.0. The first kappa shape index (κ1) is 12.9. The van der Waals surface area contributed by atoms with Gasteiger partial charge in [0.05, 0.1) is 0 Å². The van der Waals surface area contributed by atoms with Gasteiger partial charge in [-0.25, -0.2) is 0 Å². The van der Waals surface area contributed by atoms with Gasteiger partial charge in [-0.2, -0.15) is 0 Å². The summed E-state index contributed by atoms with van der Waals surface area (Å²) in [4.78, 5) is 4.99. The molecule has 1 fully saturated rings. The highest BCUT2D eigenvalue weighted by Gasteiger charge is 2.32. The minimum absolute atomic E-state index is 0.242. The molecule has 15 heavy (non-hydrogen) atoms. The fourth-order valence-electron chi connectivity index (χ4n) is 2.15. The van der Waals surface area contributed by atoms with Gasteiger partial charge in [0, 0.05) is 31.7 Å². The van der Waals surface area contributed by atoms with Crippen molar-refractivity contribution in [1.82, 2.24) is 9.80 Å². The Hall–Kier alpha value is -0.120. The lowest BCUT2D eigenvalue weighted by Gasteiger charge is -2.47. The molecule has 0 unspecified atom stereocenters. The topological polar surface area (TPSA) is 32.5 Å². The van der Waals surface area contributed by atoms with Crippen LogP contribution < -0.4 is 5.73 Å². The van der Waals surface area contributed by atoms with Crippen LogP contribution in [0.1, 0.15) is 27.7 Å². The highest BCUT2D eigenvalue weighted by atomic mass is 15.3. The van der Waals surface area contributed by atoms with E-state index >= 15 is 0 Å². The number of hydrogen-bond donors (Lipinski definition) is 1. The SMILES string of the molecule is CN1CCN(CC(C)(C)CN)CC1(C)C. The summed E-state index contributed by atoms with van der Waals surface area (Å²) in [5.41, 5.74) is 6.32. The molecule has 0 atom stereocenters. The van der Waals surface area contributed by atoms with Crippen molar-refractivity contribution in [3.8, 4) is 0 Å². The lowest BCUT2D eigenvalue weighted by Crippen LogP contribution is -2.59. The molecule has 0 spiro atoms. The van der Waals surface area contributed by atoms with Gasteiger partial charge in [0.25, 0.3) is 0 Å². The fourth-order valence-corrected chi connectivity index (χ4v) is 2.15. The normalized spacial score (nSPS) is 24.4. The monoisotopic (exact) mass is 213 g/mol. The van der Waals surface area contributed by atoms with E-state index in [0.29, 0.717) is 5.54 Å². The van der Waals surface area contributed by atoms with Crippen molar-refractivity contribution in [2.24, 2.45) is 11.1 Å². The van der Waals surface area contributed by atoms with Crippen LogP contribution in [0.15, 0.2) is 0 Å². The number of rotatable bonds is 3. The lowest BCUT2D eigenvalue weighted by atomic mass is 9.91. The maximum atomic E-state index is 5.78. The molecule has 2 N–H and O–H groups in total. The molecule has 0 aromatic rings. The van der Waals surface area contributed by atoms with Crippen molar-refractivity contribution in [2.75, 3.05) is 39.8 Å². The predicted molar refractivity (Wildman–Crippen MR) is 66.0 cm³/mol. The lowest BCUT2D eigenvalue weighted by molar-refractivity contribution is 0.0229. The third-order valence-electron chi connectivity index (χ3n) is 3.60. The van der Waals surface area contributed by atoms with E-state index < -0.39 is 0 Å². The molecule has 0 saturated carbocycles. The van der Waals surface area contributed by atoms with Gasteiger partial charge in [-0.05, 0) is 32.9 Å². The van der Waals surface area contributed by atoms with Crippen LogP contribution in [-0.4, -0.2) is 55.1 Å². The molecule has 1 heterocycles. The highest BCUT2D eigenvalue weighted by Crippen LogP contribution is 2.22. The minimum atomic E-state index is 0.242. The first-order chi connectivity index (χ1) is 6.77. The van der Waals surface area contributed by atoms with Crippen LogP contribution in [0.25, 0.3) is 0 Å². The van der Waals surface area contributed by atoms with Crippen molar-refractivity contribution in [3.05, 3.63) is 0 Å². The van der Waals surface area contributed by atoms with Gasteiger partial charge in [0.15, 0.2) is 0 Å². The predicted octanol–water partition coefficient (Wildman–Crippen LogP) is 0.997. The van der Waals surface area contributed by atoms with Crippen LogP contribution in [0.3, 0.4) is 0 Å². The summed E-state index contributed by atoms with van der Waals surface area (Å²) in [6.45, 7) is 14.5. The maximum Gasteiger partial charge on any atom is 0.0277 e. The van der Waals surface area contributed by atoms with Crippen LogP contribution in [0.5, 0.6) is 0 Å². The molecule has 1 aliphatic heterocycles.